The van der Waals surface area contributed by atoms with Crippen LogP contribution in [-0.4, -0.2) is 28.3 Å². The molecule has 1 N–H and O–H groups in total. The first-order chi connectivity index (χ1) is 5.92. The average molecular weight is 242 g/mol. The number of hydrogen-bond acceptors (Lipinski definition) is 2. The van der Waals surface area contributed by atoms with E-state index in [1.807, 2.05) is 0 Å². The summed E-state index contributed by atoms with van der Waals surface area (Å²) in [5.74, 6) is 0. The van der Waals surface area contributed by atoms with Crippen molar-refractivity contribution in [2.75, 3.05) is 0 Å². The third-order valence-corrected chi connectivity index (χ3v) is 1.71. The molecule has 0 saturated carbocycles. The normalized spacial score (nSPS) is 16.9. The molecular formula is C6H8F6OS. The maximum absolute atomic E-state index is 12.0. The summed E-state index contributed by atoms with van der Waals surface area (Å²) < 4.78 is 71.7. The third-order valence-electron chi connectivity index (χ3n) is 1.53. The van der Waals surface area contributed by atoms with Gasteiger partial charge >= 0.3 is 12.4 Å². The summed E-state index contributed by atoms with van der Waals surface area (Å²) in [6, 6.07) is 0. The minimum atomic E-state index is -5.75. The lowest BCUT2D eigenvalue weighted by Gasteiger charge is -2.33. The molecule has 14 heavy (non-hydrogen) atoms. The molecule has 86 valence electrons. The van der Waals surface area contributed by atoms with E-state index < -0.39 is 29.6 Å². The Morgan fingerprint density at radius 3 is 1.43 bits per heavy atom. The first-order valence-corrected chi connectivity index (χ1v) is 3.97. The highest BCUT2D eigenvalue weighted by molar-refractivity contribution is 7.80. The first kappa shape index (κ1) is 13.9. The van der Waals surface area contributed by atoms with Crippen LogP contribution in [0.3, 0.4) is 0 Å². The van der Waals surface area contributed by atoms with Gasteiger partial charge in [-0.1, -0.05) is 6.92 Å². The lowest BCUT2D eigenvalue weighted by atomic mass is 9.96. The Balaban J connectivity index is 5.07. The first-order valence-electron chi connectivity index (χ1n) is 3.45. The van der Waals surface area contributed by atoms with Crippen molar-refractivity contribution in [3.05, 3.63) is 0 Å². The third kappa shape index (κ3) is 2.69. The quantitative estimate of drug-likeness (QED) is 0.563. The second-order valence-corrected chi connectivity index (χ2v) is 3.79. The van der Waals surface area contributed by atoms with Crippen molar-refractivity contribution in [3.8, 4) is 0 Å². The number of alkyl halides is 6. The van der Waals surface area contributed by atoms with Gasteiger partial charge in [0.2, 0.25) is 0 Å². The lowest BCUT2D eigenvalue weighted by molar-refractivity contribution is -0.369. The van der Waals surface area contributed by atoms with E-state index >= 15 is 0 Å². The molecule has 0 aromatic heterocycles. The van der Waals surface area contributed by atoms with E-state index in [0.717, 1.165) is 6.92 Å². The van der Waals surface area contributed by atoms with Crippen LogP contribution in [-0.2, 0) is 0 Å². The molecule has 8 heteroatoms. The Morgan fingerprint density at radius 1 is 1.07 bits per heavy atom. The summed E-state index contributed by atoms with van der Waals surface area (Å²) in [5, 5.41) is 7.34. The van der Waals surface area contributed by atoms with Crippen molar-refractivity contribution >= 4 is 12.6 Å². The highest BCUT2D eigenvalue weighted by Gasteiger charge is 2.70. The van der Waals surface area contributed by atoms with Gasteiger partial charge in [0.1, 0.15) is 0 Å². The number of rotatable bonds is 2. The molecular weight excluding hydrogens is 234 g/mol. The molecule has 0 aliphatic heterocycles. The monoisotopic (exact) mass is 242 g/mol. The van der Waals surface area contributed by atoms with Crippen molar-refractivity contribution in [2.24, 2.45) is 0 Å². The molecule has 0 bridgehead atoms. The van der Waals surface area contributed by atoms with Crippen LogP contribution in [0.2, 0.25) is 0 Å². The summed E-state index contributed by atoms with van der Waals surface area (Å²) in [5.41, 5.74) is -4.68. The summed E-state index contributed by atoms with van der Waals surface area (Å²) in [6.07, 6.45) is -13.0. The van der Waals surface area contributed by atoms with Crippen LogP contribution in [0.15, 0.2) is 0 Å². The van der Waals surface area contributed by atoms with Crippen LogP contribution < -0.4 is 0 Å². The zero-order chi connectivity index (χ0) is 11.8. The molecule has 0 aromatic rings. The molecule has 0 aliphatic carbocycles. The molecule has 0 rings (SSSR count). The molecule has 1 nitrogen and oxygen atoms in total. The van der Waals surface area contributed by atoms with Crippen LogP contribution in [0.5, 0.6) is 0 Å². The highest BCUT2D eigenvalue weighted by Crippen LogP contribution is 2.46. The van der Waals surface area contributed by atoms with E-state index in [9.17, 15) is 26.3 Å². The molecule has 0 amide bonds. The van der Waals surface area contributed by atoms with E-state index in [2.05, 4.69) is 12.6 Å². The standard InChI is InChI=1S/C6H8F6OS/c1-3(14)2-4(13,5(7,8)9)6(10,11)12/h3,13-14H,2H2,1H3. The highest BCUT2D eigenvalue weighted by atomic mass is 32.1. The van der Waals surface area contributed by atoms with Crippen LogP contribution in [0.25, 0.3) is 0 Å². The SMILES string of the molecule is CC(S)CC(O)(C(F)(F)F)C(F)(F)F. The Labute approximate surface area is 81.5 Å². The Bertz CT molecular complexity index is 181. The van der Waals surface area contributed by atoms with Gasteiger partial charge in [-0.05, 0) is 0 Å². The van der Waals surface area contributed by atoms with Gasteiger partial charge in [-0.3, -0.25) is 0 Å². The second-order valence-electron chi connectivity index (χ2n) is 2.91. The number of halogens is 6. The largest absolute Gasteiger partial charge is 0.426 e. The number of hydrogen-bond donors (Lipinski definition) is 2. The molecule has 0 radical (unpaired) electrons. The van der Waals surface area contributed by atoms with E-state index in [4.69, 9.17) is 5.11 Å². The number of thiol groups is 1. The van der Waals surface area contributed by atoms with Crippen molar-refractivity contribution < 1.29 is 31.4 Å². The number of aliphatic hydroxyl groups is 1. The minimum absolute atomic E-state index is 1.03. The Kier molecular flexibility index (Phi) is 3.77. The summed E-state index contributed by atoms with van der Waals surface area (Å²) in [4.78, 5) is 0. The van der Waals surface area contributed by atoms with Gasteiger partial charge in [0, 0.05) is 11.7 Å². The molecule has 0 aromatic carbocycles. The van der Waals surface area contributed by atoms with E-state index in [0.29, 0.717) is 0 Å². The average Bonchev–Trinajstić information content (AvgIpc) is 1.79. The topological polar surface area (TPSA) is 20.2 Å². The maximum Gasteiger partial charge on any atom is 0.426 e. The molecule has 1 unspecified atom stereocenters. The van der Waals surface area contributed by atoms with E-state index in [1.165, 1.54) is 0 Å². The van der Waals surface area contributed by atoms with E-state index in [-0.39, 0.29) is 0 Å². The van der Waals surface area contributed by atoms with Gasteiger partial charge < -0.3 is 5.11 Å². The van der Waals surface area contributed by atoms with Crippen LogP contribution >= 0.6 is 12.6 Å². The fourth-order valence-corrected chi connectivity index (χ4v) is 1.08. The summed E-state index contributed by atoms with van der Waals surface area (Å²) in [6.45, 7) is 1.03. The van der Waals surface area contributed by atoms with Gasteiger partial charge in [-0.25, -0.2) is 0 Å². The fraction of sp³-hybridized carbons (Fsp3) is 1.00. The van der Waals surface area contributed by atoms with Crippen molar-refractivity contribution in [2.45, 2.75) is 36.5 Å². The Morgan fingerprint density at radius 2 is 1.36 bits per heavy atom. The van der Waals surface area contributed by atoms with Crippen molar-refractivity contribution in [1.29, 1.82) is 0 Å². The van der Waals surface area contributed by atoms with Gasteiger partial charge in [0.05, 0.1) is 0 Å². The smallest absolute Gasteiger partial charge is 0.374 e. The zero-order valence-corrected chi connectivity index (χ0v) is 7.84. The van der Waals surface area contributed by atoms with Gasteiger partial charge in [0.25, 0.3) is 5.60 Å². The molecule has 0 spiro atoms. The molecule has 0 fully saturated rings. The fourth-order valence-electron chi connectivity index (χ4n) is 0.820. The molecule has 0 saturated heterocycles. The van der Waals surface area contributed by atoms with Crippen LogP contribution in [0, 0.1) is 0 Å². The van der Waals surface area contributed by atoms with Gasteiger partial charge in [0.15, 0.2) is 0 Å². The second kappa shape index (κ2) is 3.80. The van der Waals surface area contributed by atoms with Crippen molar-refractivity contribution in [1.82, 2.24) is 0 Å². The van der Waals surface area contributed by atoms with Gasteiger partial charge in [-0.15, -0.1) is 0 Å². The van der Waals surface area contributed by atoms with Crippen molar-refractivity contribution in [3.63, 3.8) is 0 Å². The Hall–Kier alpha value is -0.110. The van der Waals surface area contributed by atoms with Crippen LogP contribution in [0.4, 0.5) is 26.3 Å². The zero-order valence-electron chi connectivity index (χ0n) is 6.95. The summed E-state index contributed by atoms with van der Waals surface area (Å²) >= 11 is 3.40. The van der Waals surface area contributed by atoms with E-state index in [1.54, 1.807) is 0 Å². The predicted molar refractivity (Wildman–Crippen MR) is 40.1 cm³/mol. The van der Waals surface area contributed by atoms with Gasteiger partial charge in [-0.2, -0.15) is 39.0 Å². The lowest BCUT2D eigenvalue weighted by Crippen LogP contribution is -2.57. The molecule has 0 heterocycles. The van der Waals surface area contributed by atoms with Crippen LogP contribution in [0.1, 0.15) is 13.3 Å². The molecule has 0 aliphatic rings. The predicted octanol–water partition coefficient (Wildman–Crippen LogP) is 2.55. The minimum Gasteiger partial charge on any atom is -0.374 e. The summed E-state index contributed by atoms with van der Waals surface area (Å²) in [7, 11) is 0. The maximum atomic E-state index is 12.0. The molecule has 1 atom stereocenters.